The molecule has 2 rings (SSSR count). The van der Waals surface area contributed by atoms with Crippen LogP contribution in [0.1, 0.15) is 5.56 Å². The fraction of sp³-hybridized carbons (Fsp3) is 0.0833. The molecule has 1 aromatic heterocycles. The van der Waals surface area contributed by atoms with Gasteiger partial charge >= 0.3 is 0 Å². The Hall–Kier alpha value is -2.10. The SMILES string of the molecule is Cc1ccc(F)cc1Oc1ccncc1N. The number of hydrogen-bond donors (Lipinski definition) is 1. The van der Waals surface area contributed by atoms with Crippen LogP contribution in [0.25, 0.3) is 0 Å². The van der Waals surface area contributed by atoms with Crippen LogP contribution in [-0.2, 0) is 0 Å². The average Bonchev–Trinajstić information content (AvgIpc) is 2.27. The lowest BCUT2D eigenvalue weighted by atomic mass is 10.2. The molecule has 0 aliphatic heterocycles. The van der Waals surface area contributed by atoms with E-state index in [1.165, 1.54) is 18.3 Å². The summed E-state index contributed by atoms with van der Waals surface area (Å²) in [5.74, 6) is 0.592. The van der Waals surface area contributed by atoms with Gasteiger partial charge in [0.25, 0.3) is 0 Å². The zero-order valence-electron chi connectivity index (χ0n) is 8.77. The summed E-state index contributed by atoms with van der Waals surface area (Å²) in [6.07, 6.45) is 3.06. The van der Waals surface area contributed by atoms with Crippen LogP contribution in [0.5, 0.6) is 11.5 Å². The molecule has 0 aliphatic rings. The van der Waals surface area contributed by atoms with Crippen molar-refractivity contribution >= 4 is 5.69 Å². The third-order valence-electron chi connectivity index (χ3n) is 2.18. The standard InChI is InChI=1S/C12H11FN2O/c1-8-2-3-9(13)6-12(8)16-11-4-5-15-7-10(11)14/h2-7H,14H2,1H3. The number of anilines is 1. The zero-order valence-corrected chi connectivity index (χ0v) is 8.77. The highest BCUT2D eigenvalue weighted by atomic mass is 19.1. The fourth-order valence-corrected chi connectivity index (χ4v) is 1.29. The van der Waals surface area contributed by atoms with Gasteiger partial charge in [0.15, 0.2) is 5.75 Å². The summed E-state index contributed by atoms with van der Waals surface area (Å²) < 4.78 is 18.5. The second kappa shape index (κ2) is 4.18. The molecule has 1 aromatic carbocycles. The van der Waals surface area contributed by atoms with Crippen LogP contribution in [-0.4, -0.2) is 4.98 Å². The average molecular weight is 218 g/mol. The Morgan fingerprint density at radius 1 is 1.25 bits per heavy atom. The Labute approximate surface area is 92.7 Å². The van der Waals surface area contributed by atoms with Crippen LogP contribution in [0.15, 0.2) is 36.7 Å². The van der Waals surface area contributed by atoms with Crippen molar-refractivity contribution in [2.45, 2.75) is 6.92 Å². The molecule has 0 unspecified atom stereocenters. The number of nitrogen functional groups attached to an aromatic ring is 1. The van der Waals surface area contributed by atoms with Crippen LogP contribution >= 0.6 is 0 Å². The minimum absolute atomic E-state index is 0.340. The topological polar surface area (TPSA) is 48.1 Å². The Morgan fingerprint density at radius 3 is 2.81 bits per heavy atom. The molecule has 0 amide bonds. The first-order chi connectivity index (χ1) is 7.66. The minimum Gasteiger partial charge on any atom is -0.455 e. The molecular formula is C12H11FN2O. The largest absolute Gasteiger partial charge is 0.455 e. The Balaban J connectivity index is 2.34. The van der Waals surface area contributed by atoms with Crippen molar-refractivity contribution < 1.29 is 9.13 Å². The van der Waals surface area contributed by atoms with Crippen molar-refractivity contribution in [2.75, 3.05) is 5.73 Å². The van der Waals surface area contributed by atoms with E-state index >= 15 is 0 Å². The molecule has 0 saturated carbocycles. The van der Waals surface area contributed by atoms with E-state index in [-0.39, 0.29) is 5.82 Å². The summed E-state index contributed by atoms with van der Waals surface area (Å²) >= 11 is 0. The summed E-state index contributed by atoms with van der Waals surface area (Å²) in [5, 5.41) is 0. The predicted octanol–water partition coefficient (Wildman–Crippen LogP) is 2.90. The molecule has 0 bridgehead atoms. The molecule has 0 spiro atoms. The molecule has 2 aromatic rings. The number of aromatic nitrogens is 1. The van der Waals surface area contributed by atoms with Crippen molar-refractivity contribution in [1.82, 2.24) is 4.98 Å². The maximum atomic E-state index is 13.0. The third kappa shape index (κ3) is 2.11. The van der Waals surface area contributed by atoms with Gasteiger partial charge in [-0.25, -0.2) is 4.39 Å². The smallest absolute Gasteiger partial charge is 0.153 e. The van der Waals surface area contributed by atoms with Crippen LogP contribution in [0.3, 0.4) is 0 Å². The van der Waals surface area contributed by atoms with Gasteiger partial charge in [-0.2, -0.15) is 0 Å². The Bertz CT molecular complexity index is 514. The second-order valence-corrected chi connectivity index (χ2v) is 3.43. The number of rotatable bonds is 2. The summed E-state index contributed by atoms with van der Waals surface area (Å²) in [6, 6.07) is 6.01. The highest BCUT2D eigenvalue weighted by molar-refractivity contribution is 5.52. The van der Waals surface area contributed by atoms with Gasteiger partial charge < -0.3 is 10.5 Å². The number of nitrogens with zero attached hydrogens (tertiary/aromatic N) is 1. The lowest BCUT2D eigenvalue weighted by molar-refractivity contribution is 0.474. The van der Waals surface area contributed by atoms with Gasteiger partial charge in [-0.05, 0) is 18.6 Å². The molecule has 2 N–H and O–H groups in total. The fourth-order valence-electron chi connectivity index (χ4n) is 1.29. The molecule has 3 nitrogen and oxygen atoms in total. The van der Waals surface area contributed by atoms with Crippen LogP contribution in [0.4, 0.5) is 10.1 Å². The number of ether oxygens (including phenoxy) is 1. The minimum atomic E-state index is -0.340. The first-order valence-electron chi connectivity index (χ1n) is 4.80. The van der Waals surface area contributed by atoms with E-state index < -0.39 is 0 Å². The molecule has 82 valence electrons. The predicted molar refractivity (Wildman–Crippen MR) is 59.9 cm³/mol. The van der Waals surface area contributed by atoms with Crippen LogP contribution in [0, 0.1) is 12.7 Å². The zero-order chi connectivity index (χ0) is 11.5. The molecule has 1 heterocycles. The van der Waals surface area contributed by atoms with Gasteiger partial charge in [0.1, 0.15) is 11.6 Å². The number of benzene rings is 1. The van der Waals surface area contributed by atoms with E-state index in [0.29, 0.717) is 17.2 Å². The van der Waals surface area contributed by atoms with Gasteiger partial charge in [-0.1, -0.05) is 6.07 Å². The summed E-state index contributed by atoms with van der Waals surface area (Å²) in [5.41, 5.74) is 6.94. The first kappa shape index (κ1) is 10.4. The van der Waals surface area contributed by atoms with Gasteiger partial charge in [0, 0.05) is 18.3 Å². The molecule has 0 fully saturated rings. The molecule has 0 atom stereocenters. The molecule has 0 aliphatic carbocycles. The van der Waals surface area contributed by atoms with Crippen molar-refractivity contribution in [3.63, 3.8) is 0 Å². The maximum Gasteiger partial charge on any atom is 0.153 e. The van der Waals surface area contributed by atoms with Crippen LogP contribution < -0.4 is 10.5 Å². The first-order valence-corrected chi connectivity index (χ1v) is 4.80. The molecule has 0 radical (unpaired) electrons. The van der Waals surface area contributed by atoms with Crippen molar-refractivity contribution in [1.29, 1.82) is 0 Å². The number of halogens is 1. The number of pyridine rings is 1. The molecule has 0 saturated heterocycles. The van der Waals surface area contributed by atoms with E-state index in [1.807, 2.05) is 6.92 Å². The third-order valence-corrected chi connectivity index (χ3v) is 2.18. The van der Waals surface area contributed by atoms with E-state index in [0.717, 1.165) is 5.56 Å². The number of nitrogens with two attached hydrogens (primary N) is 1. The number of hydrogen-bond acceptors (Lipinski definition) is 3. The van der Waals surface area contributed by atoms with E-state index in [9.17, 15) is 4.39 Å². The normalized spacial score (nSPS) is 10.1. The molecular weight excluding hydrogens is 207 g/mol. The monoisotopic (exact) mass is 218 g/mol. The molecule has 4 heteroatoms. The van der Waals surface area contributed by atoms with Gasteiger partial charge in [-0.15, -0.1) is 0 Å². The van der Waals surface area contributed by atoms with E-state index in [1.54, 1.807) is 18.3 Å². The lowest BCUT2D eigenvalue weighted by Gasteiger charge is -2.09. The summed E-state index contributed by atoms with van der Waals surface area (Å²) in [6.45, 7) is 1.84. The van der Waals surface area contributed by atoms with Crippen molar-refractivity contribution in [2.24, 2.45) is 0 Å². The second-order valence-electron chi connectivity index (χ2n) is 3.43. The molecule has 16 heavy (non-hydrogen) atoms. The summed E-state index contributed by atoms with van der Waals surface area (Å²) in [7, 11) is 0. The van der Waals surface area contributed by atoms with Gasteiger partial charge in [0.2, 0.25) is 0 Å². The number of aryl methyl sites for hydroxylation is 1. The Kier molecular flexibility index (Phi) is 2.72. The van der Waals surface area contributed by atoms with E-state index in [2.05, 4.69) is 4.98 Å². The Morgan fingerprint density at radius 2 is 2.06 bits per heavy atom. The highest BCUT2D eigenvalue weighted by Gasteiger charge is 2.05. The van der Waals surface area contributed by atoms with Gasteiger partial charge in [-0.3, -0.25) is 4.98 Å². The van der Waals surface area contributed by atoms with Crippen molar-refractivity contribution in [3.05, 3.63) is 48.0 Å². The summed E-state index contributed by atoms with van der Waals surface area (Å²) in [4.78, 5) is 3.85. The lowest BCUT2D eigenvalue weighted by Crippen LogP contribution is -1.94. The van der Waals surface area contributed by atoms with E-state index in [4.69, 9.17) is 10.5 Å². The highest BCUT2D eigenvalue weighted by Crippen LogP contribution is 2.28. The quantitative estimate of drug-likeness (QED) is 0.843. The van der Waals surface area contributed by atoms with Crippen molar-refractivity contribution in [3.8, 4) is 11.5 Å². The van der Waals surface area contributed by atoms with Crippen LogP contribution in [0.2, 0.25) is 0 Å². The maximum absolute atomic E-state index is 13.0. The van der Waals surface area contributed by atoms with Gasteiger partial charge in [0.05, 0.1) is 11.9 Å².